The van der Waals surface area contributed by atoms with Crippen LogP contribution in [0.4, 0.5) is 23.4 Å². The van der Waals surface area contributed by atoms with Crippen LogP contribution in [0.3, 0.4) is 0 Å². The fourth-order valence-electron chi connectivity index (χ4n) is 5.47. The number of carbonyl (C=O) groups is 1. The molecule has 0 radical (unpaired) electrons. The topological polar surface area (TPSA) is 92.5 Å². The Morgan fingerprint density at radius 2 is 1.97 bits per heavy atom. The first kappa shape index (κ1) is 27.1. The zero-order chi connectivity index (χ0) is 27.9. The number of pyridine rings is 1. The Bertz CT molecular complexity index is 1360. The van der Waals surface area contributed by atoms with E-state index in [2.05, 4.69) is 15.3 Å². The van der Waals surface area contributed by atoms with Gasteiger partial charge in [-0.1, -0.05) is 0 Å². The maximum Gasteiger partial charge on any atom is 0.257 e. The first-order chi connectivity index (χ1) is 18.6. The number of nitrogens with zero attached hydrogens (tertiary/aromatic N) is 4. The molecule has 0 aliphatic carbocycles. The molecule has 0 spiro atoms. The summed E-state index contributed by atoms with van der Waals surface area (Å²) in [5.74, 6) is -4.85. The second kappa shape index (κ2) is 10.6. The normalized spacial score (nSPS) is 21.4. The van der Waals surface area contributed by atoms with E-state index in [0.29, 0.717) is 29.8 Å². The van der Waals surface area contributed by atoms with Crippen molar-refractivity contribution >= 4 is 11.7 Å². The number of alkyl halides is 2. The van der Waals surface area contributed by atoms with Crippen molar-refractivity contribution in [3.05, 3.63) is 70.8 Å². The summed E-state index contributed by atoms with van der Waals surface area (Å²) >= 11 is 0. The number of nitrogens with one attached hydrogen (secondary N) is 1. The number of ether oxygens (including phenoxy) is 1. The highest BCUT2D eigenvalue weighted by Gasteiger charge is 2.46. The number of halogens is 4. The van der Waals surface area contributed by atoms with E-state index in [-0.39, 0.29) is 36.4 Å². The van der Waals surface area contributed by atoms with Gasteiger partial charge in [-0.25, -0.2) is 27.5 Å². The largest absolute Gasteiger partial charge is 0.481 e. The molecule has 2 aromatic heterocycles. The number of aliphatic hydroxyl groups is 1. The zero-order valence-corrected chi connectivity index (χ0v) is 21.5. The molecule has 1 amide bonds. The van der Waals surface area contributed by atoms with Gasteiger partial charge < -0.3 is 19.7 Å². The van der Waals surface area contributed by atoms with Crippen LogP contribution >= 0.6 is 0 Å². The Morgan fingerprint density at radius 3 is 2.67 bits per heavy atom. The maximum atomic E-state index is 15.0. The number of hydrogen-bond acceptors (Lipinski definition) is 6. The van der Waals surface area contributed by atoms with Crippen molar-refractivity contribution in [2.45, 2.75) is 56.7 Å². The van der Waals surface area contributed by atoms with Crippen molar-refractivity contribution < 1.29 is 32.2 Å². The highest BCUT2D eigenvalue weighted by atomic mass is 19.3. The summed E-state index contributed by atoms with van der Waals surface area (Å²) in [6.07, 6.45) is 3.70. The van der Waals surface area contributed by atoms with Gasteiger partial charge in [-0.2, -0.15) is 0 Å². The number of aryl methyl sites for hydroxylation is 1. The van der Waals surface area contributed by atoms with Crippen LogP contribution in [-0.2, 0) is 17.8 Å². The van der Waals surface area contributed by atoms with E-state index in [1.54, 1.807) is 22.6 Å². The molecular weight excluding hydrogens is 518 g/mol. The van der Waals surface area contributed by atoms with Crippen LogP contribution in [0.1, 0.15) is 54.2 Å². The van der Waals surface area contributed by atoms with Crippen molar-refractivity contribution in [1.82, 2.24) is 19.4 Å². The lowest BCUT2D eigenvalue weighted by molar-refractivity contribution is -0.125. The summed E-state index contributed by atoms with van der Waals surface area (Å²) in [7, 11) is 1.38. The molecule has 1 fully saturated rings. The van der Waals surface area contributed by atoms with Gasteiger partial charge in [0.1, 0.15) is 17.5 Å². The van der Waals surface area contributed by atoms with Crippen molar-refractivity contribution in [2.24, 2.45) is 0 Å². The molecule has 1 unspecified atom stereocenters. The van der Waals surface area contributed by atoms with E-state index in [0.717, 1.165) is 6.07 Å². The smallest absolute Gasteiger partial charge is 0.257 e. The molecule has 2 aliphatic rings. The molecule has 1 aromatic carbocycles. The number of aliphatic hydroxyl groups excluding tert-OH is 1. The van der Waals surface area contributed by atoms with Gasteiger partial charge in [-0.05, 0) is 42.7 Å². The van der Waals surface area contributed by atoms with Crippen LogP contribution in [0.15, 0.2) is 36.7 Å². The van der Waals surface area contributed by atoms with E-state index in [9.17, 15) is 27.5 Å². The van der Waals surface area contributed by atoms with E-state index in [1.807, 2.05) is 0 Å². The third-order valence-corrected chi connectivity index (χ3v) is 7.61. The fraction of sp³-hybridized carbons (Fsp3) is 0.444. The molecule has 0 saturated carbocycles. The first-order valence-corrected chi connectivity index (χ1v) is 12.7. The minimum Gasteiger partial charge on any atom is -0.481 e. The monoisotopic (exact) mass is 547 g/mol. The van der Waals surface area contributed by atoms with Crippen LogP contribution < -0.4 is 10.1 Å². The number of benzene rings is 1. The lowest BCUT2D eigenvalue weighted by Crippen LogP contribution is -2.52. The van der Waals surface area contributed by atoms with Gasteiger partial charge >= 0.3 is 0 Å². The van der Waals surface area contributed by atoms with Crippen LogP contribution in [-0.4, -0.2) is 62.6 Å². The van der Waals surface area contributed by atoms with Crippen LogP contribution in [0.2, 0.25) is 0 Å². The molecule has 12 heteroatoms. The lowest BCUT2D eigenvalue weighted by Gasteiger charge is -2.40. The van der Waals surface area contributed by atoms with Crippen molar-refractivity contribution in [3.8, 4) is 5.88 Å². The second-order valence-electron chi connectivity index (χ2n) is 10.0. The number of likely N-dealkylation sites (tertiary alicyclic amines) is 1. The minimum absolute atomic E-state index is 0.0153. The van der Waals surface area contributed by atoms with Crippen molar-refractivity contribution in [1.29, 1.82) is 0 Å². The molecule has 208 valence electrons. The highest BCUT2D eigenvalue weighted by molar-refractivity contribution is 5.93. The number of amides is 1. The number of anilines is 1. The molecule has 8 nitrogen and oxygen atoms in total. The molecule has 3 aromatic rings. The molecular formula is C27H29F4N5O3. The Hall–Kier alpha value is -3.51. The summed E-state index contributed by atoms with van der Waals surface area (Å²) in [6, 6.07) is 3.80. The van der Waals surface area contributed by atoms with Crippen LogP contribution in [0.25, 0.3) is 0 Å². The average Bonchev–Trinajstić information content (AvgIpc) is 3.47. The van der Waals surface area contributed by atoms with Gasteiger partial charge in [0, 0.05) is 50.0 Å². The van der Waals surface area contributed by atoms with Gasteiger partial charge in [0.2, 0.25) is 11.8 Å². The highest BCUT2D eigenvalue weighted by Crippen LogP contribution is 2.41. The number of carbonyl (C=O) groups excluding carboxylic acids is 1. The zero-order valence-electron chi connectivity index (χ0n) is 21.5. The standard InChI is InChI=1S/C27H29F4N5O3/c1-15(35-6-5-27(30,31)21(12-35)17-7-18(14-37)26(39-2)32-11-17)25(38)34-23-13-36-22(3-4-24(36)33-23)16-8-19(28)10-20(29)9-16/h7-11,13,15,21-22,37H,3-6,12,14H2,1-2H3,(H,34,38)/t15-,21?,22+/m0/s1. The maximum absolute atomic E-state index is 15.0. The predicted octanol–water partition coefficient (Wildman–Crippen LogP) is 4.04. The number of aromatic nitrogens is 3. The number of methoxy groups -OCH3 is 1. The van der Waals surface area contributed by atoms with E-state index in [4.69, 9.17) is 4.74 Å². The molecule has 2 N–H and O–H groups in total. The second-order valence-corrected chi connectivity index (χ2v) is 10.0. The van der Waals surface area contributed by atoms with Crippen LogP contribution in [0, 0.1) is 11.6 Å². The van der Waals surface area contributed by atoms with E-state index < -0.39 is 48.5 Å². The molecule has 5 rings (SSSR count). The lowest BCUT2D eigenvalue weighted by atomic mass is 9.86. The number of hydrogen-bond donors (Lipinski definition) is 2. The first-order valence-electron chi connectivity index (χ1n) is 12.7. The van der Waals surface area contributed by atoms with Crippen molar-refractivity contribution in [3.63, 3.8) is 0 Å². The van der Waals surface area contributed by atoms with Gasteiger partial charge in [-0.15, -0.1) is 0 Å². The van der Waals surface area contributed by atoms with E-state index >= 15 is 0 Å². The van der Waals surface area contributed by atoms with Crippen LogP contribution in [0.5, 0.6) is 5.88 Å². The summed E-state index contributed by atoms with van der Waals surface area (Å²) < 4.78 is 64.3. The SMILES string of the molecule is COc1ncc(C2CN([C@@H](C)C(=O)Nc3cn4c(n3)CC[C@@H]4c3cc(F)cc(F)c3)CCC2(F)F)cc1CO. The Morgan fingerprint density at radius 1 is 1.23 bits per heavy atom. The third kappa shape index (κ3) is 5.35. The Balaban J connectivity index is 1.29. The molecule has 3 atom stereocenters. The minimum atomic E-state index is -3.02. The Labute approximate surface area is 222 Å². The van der Waals surface area contributed by atoms with E-state index in [1.165, 1.54) is 31.5 Å². The average molecular weight is 548 g/mol. The Kier molecular flexibility index (Phi) is 7.34. The summed E-state index contributed by atoms with van der Waals surface area (Å²) in [6.45, 7) is 1.16. The molecule has 1 saturated heterocycles. The quantitative estimate of drug-likeness (QED) is 0.434. The third-order valence-electron chi connectivity index (χ3n) is 7.61. The molecule has 4 heterocycles. The molecule has 39 heavy (non-hydrogen) atoms. The van der Waals surface area contributed by atoms with Crippen molar-refractivity contribution in [2.75, 3.05) is 25.5 Å². The molecule has 2 aliphatic heterocycles. The number of piperidine rings is 1. The fourth-order valence-corrected chi connectivity index (χ4v) is 5.47. The van der Waals surface area contributed by atoms with Gasteiger partial charge in [0.05, 0.1) is 31.7 Å². The van der Waals surface area contributed by atoms with Gasteiger partial charge in [0.25, 0.3) is 5.92 Å². The number of fused-ring (bicyclic) bond motifs is 1. The van der Waals surface area contributed by atoms with Gasteiger partial charge in [0.15, 0.2) is 5.82 Å². The summed E-state index contributed by atoms with van der Waals surface area (Å²) in [5.41, 5.74) is 1.04. The molecule has 0 bridgehead atoms. The summed E-state index contributed by atoms with van der Waals surface area (Å²) in [5, 5.41) is 12.4. The summed E-state index contributed by atoms with van der Waals surface area (Å²) in [4.78, 5) is 23.3. The predicted molar refractivity (Wildman–Crippen MR) is 134 cm³/mol. The van der Waals surface area contributed by atoms with Gasteiger partial charge in [-0.3, -0.25) is 9.69 Å². The number of rotatable bonds is 7. The number of imidazole rings is 1.